The van der Waals surface area contributed by atoms with Crippen LogP contribution in [0.4, 0.5) is 0 Å². The number of nitrogens with one attached hydrogen (secondary N) is 1. The van der Waals surface area contributed by atoms with Gasteiger partial charge in [-0.15, -0.1) is 0 Å². The highest BCUT2D eigenvalue weighted by molar-refractivity contribution is 5.24. The Kier molecular flexibility index (Phi) is 3.73. The van der Waals surface area contributed by atoms with Gasteiger partial charge in [-0.05, 0) is 51.8 Å². The number of likely N-dealkylation sites (N-methyl/N-ethyl adjacent to an activating group) is 1. The number of hydrogen-bond acceptors (Lipinski definition) is 2. The monoisotopic (exact) mass is 216 g/mol. The van der Waals surface area contributed by atoms with E-state index in [-0.39, 0.29) is 0 Å². The van der Waals surface area contributed by atoms with Gasteiger partial charge in [-0.1, -0.05) is 17.7 Å². The van der Waals surface area contributed by atoms with Crippen molar-refractivity contribution in [3.05, 3.63) is 41.2 Å². The van der Waals surface area contributed by atoms with Crippen molar-refractivity contribution in [2.75, 3.05) is 7.05 Å². The summed E-state index contributed by atoms with van der Waals surface area (Å²) >= 11 is 0. The molecular formula is C14H20N2. The Hall–Kier alpha value is -1.15. The molecular weight excluding hydrogens is 196 g/mol. The number of pyridine rings is 1. The van der Waals surface area contributed by atoms with Crippen molar-refractivity contribution in [1.29, 1.82) is 0 Å². The third-order valence-corrected chi connectivity index (χ3v) is 3.19. The normalized spacial score (nSPS) is 18.0. The molecule has 0 bridgehead atoms. The molecule has 0 radical (unpaired) electrons. The van der Waals surface area contributed by atoms with Crippen LogP contribution in [-0.4, -0.2) is 12.0 Å². The van der Waals surface area contributed by atoms with Gasteiger partial charge in [0.1, 0.15) is 0 Å². The predicted octanol–water partition coefficient (Wildman–Crippen LogP) is 3.15. The van der Waals surface area contributed by atoms with Crippen LogP contribution in [0.5, 0.6) is 0 Å². The molecule has 0 aromatic carbocycles. The molecule has 0 fully saturated rings. The number of nitrogens with zero attached hydrogens (tertiary/aromatic N) is 1. The minimum Gasteiger partial charge on any atom is -0.308 e. The van der Waals surface area contributed by atoms with Crippen LogP contribution in [-0.2, 0) is 0 Å². The second kappa shape index (κ2) is 5.26. The number of aryl methyl sites for hydroxylation is 1. The summed E-state index contributed by atoms with van der Waals surface area (Å²) in [4.78, 5) is 4.62. The molecule has 0 saturated heterocycles. The molecule has 0 saturated carbocycles. The van der Waals surface area contributed by atoms with Crippen LogP contribution >= 0.6 is 0 Å². The summed E-state index contributed by atoms with van der Waals surface area (Å²) in [6, 6.07) is 6.56. The Bertz CT molecular complexity index is 382. The Labute approximate surface area is 97.8 Å². The summed E-state index contributed by atoms with van der Waals surface area (Å²) < 4.78 is 0. The quantitative estimate of drug-likeness (QED) is 0.785. The average molecular weight is 216 g/mol. The van der Waals surface area contributed by atoms with Gasteiger partial charge in [0, 0.05) is 5.69 Å². The van der Waals surface area contributed by atoms with Gasteiger partial charge >= 0.3 is 0 Å². The van der Waals surface area contributed by atoms with Gasteiger partial charge in [-0.3, -0.25) is 4.98 Å². The maximum absolute atomic E-state index is 4.62. The summed E-state index contributed by atoms with van der Waals surface area (Å²) in [7, 11) is 2.02. The molecule has 0 aliphatic heterocycles. The average Bonchev–Trinajstić information content (AvgIpc) is 2.31. The summed E-state index contributed by atoms with van der Waals surface area (Å²) in [5.74, 6) is 0. The third kappa shape index (κ3) is 2.50. The van der Waals surface area contributed by atoms with Crippen LogP contribution in [0.1, 0.15) is 43.1 Å². The molecule has 16 heavy (non-hydrogen) atoms. The Morgan fingerprint density at radius 1 is 1.31 bits per heavy atom. The minimum absolute atomic E-state index is 0.306. The van der Waals surface area contributed by atoms with E-state index in [0.717, 1.165) is 11.4 Å². The van der Waals surface area contributed by atoms with E-state index in [2.05, 4.69) is 28.5 Å². The minimum atomic E-state index is 0.306. The van der Waals surface area contributed by atoms with Crippen molar-refractivity contribution in [3.63, 3.8) is 0 Å². The largest absolute Gasteiger partial charge is 0.308 e. The van der Waals surface area contributed by atoms with Crippen molar-refractivity contribution < 1.29 is 0 Å². The van der Waals surface area contributed by atoms with Gasteiger partial charge in [0.25, 0.3) is 0 Å². The molecule has 1 aliphatic carbocycles. The number of aromatic nitrogens is 1. The van der Waals surface area contributed by atoms with Gasteiger partial charge in [-0.25, -0.2) is 0 Å². The van der Waals surface area contributed by atoms with Gasteiger partial charge in [0.05, 0.1) is 11.7 Å². The Balaban J connectivity index is 2.25. The first-order valence-corrected chi connectivity index (χ1v) is 6.11. The lowest BCUT2D eigenvalue weighted by Crippen LogP contribution is -2.21. The van der Waals surface area contributed by atoms with E-state index < -0.39 is 0 Å². The smallest absolute Gasteiger partial charge is 0.0708 e. The first kappa shape index (κ1) is 11.3. The zero-order valence-electron chi connectivity index (χ0n) is 10.2. The van der Waals surface area contributed by atoms with Crippen molar-refractivity contribution in [2.45, 2.75) is 38.6 Å². The van der Waals surface area contributed by atoms with Gasteiger partial charge in [0.15, 0.2) is 0 Å². The molecule has 1 aromatic heterocycles. The molecule has 2 nitrogen and oxygen atoms in total. The molecule has 1 N–H and O–H groups in total. The van der Waals surface area contributed by atoms with Crippen molar-refractivity contribution >= 4 is 0 Å². The topological polar surface area (TPSA) is 24.9 Å². The Morgan fingerprint density at radius 2 is 2.19 bits per heavy atom. The molecule has 1 aliphatic rings. The van der Waals surface area contributed by atoms with Crippen LogP contribution in [0.2, 0.25) is 0 Å². The van der Waals surface area contributed by atoms with Crippen molar-refractivity contribution in [3.8, 4) is 0 Å². The summed E-state index contributed by atoms with van der Waals surface area (Å²) in [6.45, 7) is 2.05. The lowest BCUT2D eigenvalue weighted by atomic mass is 9.92. The predicted molar refractivity (Wildman–Crippen MR) is 67.3 cm³/mol. The lowest BCUT2D eigenvalue weighted by Gasteiger charge is -2.22. The number of allylic oxidation sites excluding steroid dienone is 1. The fraction of sp³-hybridized carbons (Fsp3) is 0.500. The highest BCUT2D eigenvalue weighted by atomic mass is 14.9. The molecule has 1 aromatic rings. The Morgan fingerprint density at radius 3 is 2.81 bits per heavy atom. The lowest BCUT2D eigenvalue weighted by molar-refractivity contribution is 0.582. The summed E-state index contributed by atoms with van der Waals surface area (Å²) in [5, 5.41) is 3.38. The highest BCUT2D eigenvalue weighted by Gasteiger charge is 2.17. The van der Waals surface area contributed by atoms with Crippen LogP contribution < -0.4 is 5.32 Å². The van der Waals surface area contributed by atoms with Crippen LogP contribution in [0.25, 0.3) is 0 Å². The molecule has 0 amide bonds. The van der Waals surface area contributed by atoms with E-state index in [0.29, 0.717) is 6.04 Å². The first-order chi connectivity index (χ1) is 7.81. The third-order valence-electron chi connectivity index (χ3n) is 3.19. The zero-order chi connectivity index (χ0) is 11.4. The zero-order valence-corrected chi connectivity index (χ0v) is 10.2. The van der Waals surface area contributed by atoms with E-state index in [1.54, 1.807) is 0 Å². The van der Waals surface area contributed by atoms with Gasteiger partial charge in [-0.2, -0.15) is 0 Å². The number of hydrogen-bond donors (Lipinski definition) is 1. The van der Waals surface area contributed by atoms with Gasteiger partial charge < -0.3 is 5.32 Å². The SMILES string of the molecule is CNC(C1=CCCCC1)c1cccc(C)n1. The van der Waals surface area contributed by atoms with Crippen molar-refractivity contribution in [1.82, 2.24) is 10.3 Å². The standard InChI is InChI=1S/C14H20N2/c1-11-7-6-10-13(16-11)14(15-2)12-8-4-3-5-9-12/h6-8,10,14-15H,3-5,9H2,1-2H3. The van der Waals surface area contributed by atoms with E-state index in [1.165, 1.54) is 31.3 Å². The molecule has 2 rings (SSSR count). The molecule has 1 unspecified atom stereocenters. The highest BCUT2D eigenvalue weighted by Crippen LogP contribution is 2.28. The van der Waals surface area contributed by atoms with E-state index in [9.17, 15) is 0 Å². The van der Waals surface area contributed by atoms with Crippen molar-refractivity contribution in [2.24, 2.45) is 0 Å². The van der Waals surface area contributed by atoms with E-state index in [4.69, 9.17) is 0 Å². The van der Waals surface area contributed by atoms with E-state index in [1.807, 2.05) is 20.0 Å². The number of rotatable bonds is 3. The summed E-state index contributed by atoms with van der Waals surface area (Å²) in [6.07, 6.45) is 7.46. The fourth-order valence-electron chi connectivity index (χ4n) is 2.37. The second-order valence-corrected chi connectivity index (χ2v) is 4.45. The van der Waals surface area contributed by atoms with E-state index >= 15 is 0 Å². The van der Waals surface area contributed by atoms with Crippen LogP contribution in [0.3, 0.4) is 0 Å². The van der Waals surface area contributed by atoms with Crippen LogP contribution in [0.15, 0.2) is 29.8 Å². The molecule has 1 heterocycles. The molecule has 1 atom stereocenters. The fourth-order valence-corrected chi connectivity index (χ4v) is 2.37. The molecule has 86 valence electrons. The maximum Gasteiger partial charge on any atom is 0.0708 e. The van der Waals surface area contributed by atoms with Crippen LogP contribution in [0, 0.1) is 6.92 Å². The summed E-state index contributed by atoms with van der Waals surface area (Å²) in [5.41, 5.74) is 3.75. The van der Waals surface area contributed by atoms with Gasteiger partial charge in [0.2, 0.25) is 0 Å². The maximum atomic E-state index is 4.62. The molecule has 2 heteroatoms. The first-order valence-electron chi connectivity index (χ1n) is 6.11. The molecule has 0 spiro atoms. The second-order valence-electron chi connectivity index (χ2n) is 4.45.